The molecule has 96 valence electrons. The number of aliphatic hydroxyl groups is 1. The van der Waals surface area contributed by atoms with Gasteiger partial charge in [0.15, 0.2) is 0 Å². The topological polar surface area (TPSA) is 49.2 Å². The van der Waals surface area contributed by atoms with Crippen LogP contribution in [-0.4, -0.2) is 34.8 Å². The van der Waals surface area contributed by atoms with Gasteiger partial charge in [-0.05, 0) is 36.6 Å². The summed E-state index contributed by atoms with van der Waals surface area (Å²) in [6, 6.07) is 0. The molecule has 0 amide bonds. The number of anilines is 1. The number of aliphatic hydroxyl groups excluding tert-OH is 1. The van der Waals surface area contributed by atoms with Gasteiger partial charge in [0.25, 0.3) is 0 Å². The molecule has 3 heterocycles. The fraction of sp³-hybridized carbons (Fsp3) is 0.538. The first kappa shape index (κ1) is 11.9. The third-order valence-electron chi connectivity index (χ3n) is 3.61. The maximum atomic E-state index is 9.33. The van der Waals surface area contributed by atoms with Crippen molar-refractivity contribution in [2.24, 2.45) is 5.92 Å². The molecule has 4 nitrogen and oxygen atoms in total. The highest BCUT2D eigenvalue weighted by Crippen LogP contribution is 2.32. The fourth-order valence-corrected chi connectivity index (χ4v) is 3.53. The Labute approximate surface area is 110 Å². The van der Waals surface area contributed by atoms with E-state index in [4.69, 9.17) is 0 Å². The maximum absolute atomic E-state index is 9.33. The second-order valence-electron chi connectivity index (χ2n) is 4.93. The highest BCUT2D eigenvalue weighted by atomic mass is 32.1. The lowest BCUT2D eigenvalue weighted by Gasteiger charge is -2.33. The third kappa shape index (κ3) is 1.97. The highest BCUT2D eigenvalue weighted by Gasteiger charge is 2.22. The van der Waals surface area contributed by atoms with Crippen molar-refractivity contribution in [2.75, 3.05) is 24.6 Å². The molecular formula is C13H17N3OS. The van der Waals surface area contributed by atoms with Crippen LogP contribution in [0, 0.1) is 12.8 Å². The molecule has 1 unspecified atom stereocenters. The summed E-state index contributed by atoms with van der Waals surface area (Å²) in [6.07, 6.45) is 3.89. The SMILES string of the molecule is Cc1csc2ncnc(N3CCCC(CO)C3)c12. The number of thiophene rings is 1. The van der Waals surface area contributed by atoms with Crippen molar-refractivity contribution in [3.63, 3.8) is 0 Å². The van der Waals surface area contributed by atoms with Crippen molar-refractivity contribution in [3.05, 3.63) is 17.3 Å². The van der Waals surface area contributed by atoms with Crippen LogP contribution >= 0.6 is 11.3 Å². The van der Waals surface area contributed by atoms with Crippen molar-refractivity contribution in [1.82, 2.24) is 9.97 Å². The van der Waals surface area contributed by atoms with Crippen LogP contribution in [0.25, 0.3) is 10.2 Å². The molecule has 0 bridgehead atoms. The molecular weight excluding hydrogens is 246 g/mol. The van der Waals surface area contributed by atoms with Gasteiger partial charge < -0.3 is 10.0 Å². The first-order valence-electron chi connectivity index (χ1n) is 6.34. The van der Waals surface area contributed by atoms with E-state index in [1.165, 1.54) is 10.9 Å². The molecule has 18 heavy (non-hydrogen) atoms. The van der Waals surface area contributed by atoms with E-state index in [-0.39, 0.29) is 6.61 Å². The third-order valence-corrected chi connectivity index (χ3v) is 4.62. The molecule has 2 aromatic rings. The van der Waals surface area contributed by atoms with E-state index in [1.807, 2.05) is 0 Å². The molecule has 0 radical (unpaired) electrons. The molecule has 1 N–H and O–H groups in total. The first-order chi connectivity index (χ1) is 8.79. The minimum absolute atomic E-state index is 0.271. The summed E-state index contributed by atoms with van der Waals surface area (Å²) in [7, 11) is 0. The Balaban J connectivity index is 2.00. The molecule has 5 heteroatoms. The number of hydrogen-bond acceptors (Lipinski definition) is 5. The molecule has 1 atom stereocenters. The smallest absolute Gasteiger partial charge is 0.141 e. The largest absolute Gasteiger partial charge is 0.396 e. The number of rotatable bonds is 2. The maximum Gasteiger partial charge on any atom is 0.141 e. The summed E-state index contributed by atoms with van der Waals surface area (Å²) in [5.41, 5.74) is 1.25. The molecule has 3 rings (SSSR count). The van der Waals surface area contributed by atoms with Crippen molar-refractivity contribution in [2.45, 2.75) is 19.8 Å². The molecule has 1 aliphatic rings. The Bertz CT molecular complexity index is 554. The van der Waals surface area contributed by atoms with E-state index < -0.39 is 0 Å². The van der Waals surface area contributed by atoms with E-state index in [9.17, 15) is 5.11 Å². The molecule has 2 aromatic heterocycles. The molecule has 1 aliphatic heterocycles. The summed E-state index contributed by atoms with van der Waals surface area (Å²) in [6.45, 7) is 4.31. The van der Waals surface area contributed by atoms with Crippen LogP contribution in [-0.2, 0) is 0 Å². The second-order valence-corrected chi connectivity index (χ2v) is 5.79. The van der Waals surface area contributed by atoms with Crippen LogP contribution in [0.4, 0.5) is 5.82 Å². The Morgan fingerprint density at radius 1 is 1.50 bits per heavy atom. The lowest BCUT2D eigenvalue weighted by Crippen LogP contribution is -2.37. The van der Waals surface area contributed by atoms with Gasteiger partial charge in [0.2, 0.25) is 0 Å². The number of hydrogen-bond donors (Lipinski definition) is 1. The predicted octanol–water partition coefficient (Wildman–Crippen LogP) is 2.21. The van der Waals surface area contributed by atoms with E-state index in [1.54, 1.807) is 17.7 Å². The zero-order valence-electron chi connectivity index (χ0n) is 10.5. The standard InChI is InChI=1S/C13H17N3OS/c1-9-7-18-13-11(9)12(14-8-15-13)16-4-2-3-10(5-16)6-17/h7-8,10,17H,2-6H2,1H3. The van der Waals surface area contributed by atoms with Crippen molar-refractivity contribution in [3.8, 4) is 0 Å². The van der Waals surface area contributed by atoms with Crippen LogP contribution in [0.2, 0.25) is 0 Å². The average molecular weight is 263 g/mol. The number of nitrogens with zero attached hydrogens (tertiary/aromatic N) is 3. The summed E-state index contributed by atoms with van der Waals surface area (Å²) < 4.78 is 0. The predicted molar refractivity (Wildman–Crippen MR) is 74.2 cm³/mol. The van der Waals surface area contributed by atoms with Gasteiger partial charge in [-0.3, -0.25) is 0 Å². The fourth-order valence-electron chi connectivity index (χ4n) is 2.64. The van der Waals surface area contributed by atoms with Crippen LogP contribution in [0.1, 0.15) is 18.4 Å². The Morgan fingerprint density at radius 2 is 2.39 bits per heavy atom. The zero-order chi connectivity index (χ0) is 12.5. The lowest BCUT2D eigenvalue weighted by atomic mass is 9.99. The van der Waals surface area contributed by atoms with E-state index >= 15 is 0 Å². The van der Waals surface area contributed by atoms with E-state index in [2.05, 4.69) is 27.2 Å². The van der Waals surface area contributed by atoms with E-state index in [0.29, 0.717) is 5.92 Å². The zero-order valence-corrected chi connectivity index (χ0v) is 11.3. The number of aryl methyl sites for hydroxylation is 1. The molecule has 1 fully saturated rings. The Morgan fingerprint density at radius 3 is 3.22 bits per heavy atom. The van der Waals surface area contributed by atoms with Crippen molar-refractivity contribution < 1.29 is 5.11 Å². The summed E-state index contributed by atoms with van der Waals surface area (Å²) in [5, 5.41) is 12.6. The van der Waals surface area contributed by atoms with Crippen LogP contribution in [0.3, 0.4) is 0 Å². The Kier molecular flexibility index (Phi) is 3.18. The summed E-state index contributed by atoms with van der Waals surface area (Å²) in [5.74, 6) is 1.42. The highest BCUT2D eigenvalue weighted by molar-refractivity contribution is 7.17. The molecule has 0 aromatic carbocycles. The van der Waals surface area contributed by atoms with Gasteiger partial charge in [-0.25, -0.2) is 9.97 Å². The summed E-state index contributed by atoms with van der Waals surface area (Å²) in [4.78, 5) is 12.2. The second kappa shape index (κ2) is 4.82. The van der Waals surface area contributed by atoms with Gasteiger partial charge in [-0.2, -0.15) is 0 Å². The van der Waals surface area contributed by atoms with Gasteiger partial charge in [-0.1, -0.05) is 0 Å². The number of aromatic nitrogens is 2. The summed E-state index contributed by atoms with van der Waals surface area (Å²) >= 11 is 1.67. The van der Waals surface area contributed by atoms with E-state index in [0.717, 1.165) is 36.6 Å². The molecule has 1 saturated heterocycles. The molecule has 0 spiro atoms. The van der Waals surface area contributed by atoms with Crippen LogP contribution < -0.4 is 4.90 Å². The monoisotopic (exact) mass is 263 g/mol. The van der Waals surface area contributed by atoms with Crippen LogP contribution in [0.5, 0.6) is 0 Å². The lowest BCUT2D eigenvalue weighted by molar-refractivity contribution is 0.208. The van der Waals surface area contributed by atoms with Gasteiger partial charge >= 0.3 is 0 Å². The average Bonchev–Trinajstić information content (AvgIpc) is 2.81. The van der Waals surface area contributed by atoms with Crippen molar-refractivity contribution in [1.29, 1.82) is 0 Å². The van der Waals surface area contributed by atoms with Gasteiger partial charge in [0, 0.05) is 19.7 Å². The molecule has 0 saturated carbocycles. The van der Waals surface area contributed by atoms with Crippen molar-refractivity contribution >= 4 is 27.4 Å². The minimum atomic E-state index is 0.271. The number of fused-ring (bicyclic) bond motifs is 1. The van der Waals surface area contributed by atoms with Gasteiger partial charge in [0.05, 0.1) is 5.39 Å². The van der Waals surface area contributed by atoms with Gasteiger partial charge in [-0.15, -0.1) is 11.3 Å². The normalized spacial score (nSPS) is 20.6. The Hall–Kier alpha value is -1.20. The quantitative estimate of drug-likeness (QED) is 0.902. The number of piperidine rings is 1. The van der Waals surface area contributed by atoms with Gasteiger partial charge in [0.1, 0.15) is 17.0 Å². The molecule has 0 aliphatic carbocycles. The van der Waals surface area contributed by atoms with Crippen LogP contribution in [0.15, 0.2) is 11.7 Å². The minimum Gasteiger partial charge on any atom is -0.396 e. The first-order valence-corrected chi connectivity index (χ1v) is 7.22.